The molecule has 5 nitrogen and oxygen atoms in total. The molecular formula is C23H25FN4O. The number of aromatic nitrogens is 2. The molecule has 0 unspecified atom stereocenters. The van der Waals surface area contributed by atoms with Gasteiger partial charge in [0, 0.05) is 55.3 Å². The highest BCUT2D eigenvalue weighted by Crippen LogP contribution is 2.41. The second-order valence-electron chi connectivity index (χ2n) is 7.76. The topological polar surface area (TPSA) is 33.5 Å². The fraction of sp³-hybridized carbons (Fsp3) is 0.348. The van der Waals surface area contributed by atoms with Crippen LogP contribution in [0.25, 0.3) is 33.1 Å². The molecule has 29 heavy (non-hydrogen) atoms. The van der Waals surface area contributed by atoms with E-state index < -0.39 is 0 Å². The molecular weight excluding hydrogens is 367 g/mol. The number of rotatable bonds is 3. The predicted octanol–water partition coefficient (Wildman–Crippen LogP) is 4.21. The zero-order valence-electron chi connectivity index (χ0n) is 17.1. The van der Waals surface area contributed by atoms with Gasteiger partial charge in [0.1, 0.15) is 17.1 Å². The van der Waals surface area contributed by atoms with Crippen LogP contribution in [0.5, 0.6) is 5.75 Å². The maximum absolute atomic E-state index is 15.2. The van der Waals surface area contributed by atoms with Crippen molar-refractivity contribution < 1.29 is 9.13 Å². The van der Waals surface area contributed by atoms with Gasteiger partial charge in [-0.15, -0.1) is 0 Å². The van der Waals surface area contributed by atoms with Gasteiger partial charge in [-0.2, -0.15) is 0 Å². The summed E-state index contributed by atoms with van der Waals surface area (Å²) >= 11 is 0. The number of hydrogen-bond acceptors (Lipinski definition) is 4. The Morgan fingerprint density at radius 3 is 2.62 bits per heavy atom. The SMILES string of the molecule is CCn1cc2c3cccc(OC)c3nc-2c2cc(F)c(N3CCN(C)CC3)cc21. The number of pyridine rings is 1. The van der Waals surface area contributed by atoms with Crippen molar-refractivity contribution in [2.75, 3.05) is 45.2 Å². The summed E-state index contributed by atoms with van der Waals surface area (Å²) in [5, 5.41) is 1.88. The van der Waals surface area contributed by atoms with Gasteiger partial charge in [0.2, 0.25) is 0 Å². The maximum Gasteiger partial charge on any atom is 0.147 e. The van der Waals surface area contributed by atoms with Gasteiger partial charge in [-0.25, -0.2) is 9.37 Å². The van der Waals surface area contributed by atoms with Crippen LogP contribution in [0.4, 0.5) is 10.1 Å². The molecule has 1 saturated heterocycles. The Balaban J connectivity index is 1.77. The van der Waals surface area contributed by atoms with E-state index in [2.05, 4.69) is 34.5 Å². The van der Waals surface area contributed by atoms with E-state index in [0.29, 0.717) is 5.69 Å². The lowest BCUT2D eigenvalue weighted by molar-refractivity contribution is 0.312. The zero-order chi connectivity index (χ0) is 20.1. The molecule has 0 atom stereocenters. The highest BCUT2D eigenvalue weighted by molar-refractivity contribution is 6.08. The third-order valence-electron chi connectivity index (χ3n) is 6.09. The van der Waals surface area contributed by atoms with Crippen LogP contribution in [-0.4, -0.2) is 54.8 Å². The number of halogens is 1. The summed E-state index contributed by atoms with van der Waals surface area (Å²) in [4.78, 5) is 9.28. The average molecular weight is 392 g/mol. The van der Waals surface area contributed by atoms with Gasteiger partial charge in [0.05, 0.1) is 24.0 Å². The maximum atomic E-state index is 15.2. The molecule has 2 aromatic carbocycles. The van der Waals surface area contributed by atoms with Crippen LogP contribution in [0.1, 0.15) is 6.92 Å². The summed E-state index contributed by atoms with van der Waals surface area (Å²) < 4.78 is 22.9. The van der Waals surface area contributed by atoms with E-state index in [4.69, 9.17) is 9.72 Å². The Labute approximate surface area is 169 Å². The quantitative estimate of drug-likeness (QED) is 0.523. The summed E-state index contributed by atoms with van der Waals surface area (Å²) in [5.74, 6) is 0.556. The molecule has 0 bridgehead atoms. The van der Waals surface area contributed by atoms with E-state index in [-0.39, 0.29) is 5.82 Å². The van der Waals surface area contributed by atoms with E-state index in [9.17, 15) is 0 Å². The van der Waals surface area contributed by atoms with Gasteiger partial charge < -0.3 is 19.1 Å². The van der Waals surface area contributed by atoms with Gasteiger partial charge >= 0.3 is 0 Å². The van der Waals surface area contributed by atoms with Crippen LogP contribution in [0, 0.1) is 5.82 Å². The minimum Gasteiger partial charge on any atom is -0.494 e. The molecule has 0 aromatic heterocycles. The molecule has 150 valence electrons. The number of para-hydroxylation sites is 1. The standard InChI is InChI=1S/C23H25FN4O/c1-4-27-14-17-15-6-5-7-21(29-3)23(15)25-22(17)16-12-18(24)20(13-19(16)27)28-10-8-26(2)9-11-28/h5-7,12-14H,4,8-11H2,1-3H3. The molecule has 5 rings (SSSR count). The molecule has 0 radical (unpaired) electrons. The third-order valence-corrected chi connectivity index (χ3v) is 6.09. The van der Waals surface area contributed by atoms with Crippen LogP contribution in [-0.2, 0) is 6.54 Å². The lowest BCUT2D eigenvalue weighted by Gasteiger charge is -2.34. The van der Waals surface area contributed by atoms with Gasteiger partial charge in [0.25, 0.3) is 0 Å². The first-order valence-electron chi connectivity index (χ1n) is 10.1. The van der Waals surface area contributed by atoms with Crippen molar-refractivity contribution in [2.45, 2.75) is 13.5 Å². The summed E-state index contributed by atoms with van der Waals surface area (Å²) in [6.07, 6.45) is 2.14. The molecule has 6 heteroatoms. The molecule has 2 aromatic rings. The Hall–Kier alpha value is -2.86. The Morgan fingerprint density at radius 1 is 1.10 bits per heavy atom. The smallest absolute Gasteiger partial charge is 0.147 e. The Kier molecular flexibility index (Phi) is 4.32. The molecule has 0 N–H and O–H groups in total. The highest BCUT2D eigenvalue weighted by atomic mass is 19.1. The first-order chi connectivity index (χ1) is 14.1. The summed E-state index contributed by atoms with van der Waals surface area (Å²) in [6, 6.07) is 9.59. The molecule has 3 aliphatic rings. The highest BCUT2D eigenvalue weighted by Gasteiger charge is 2.23. The number of nitrogens with zero attached hydrogens (tertiary/aromatic N) is 4. The average Bonchev–Trinajstić information content (AvgIpc) is 3.12. The summed E-state index contributed by atoms with van der Waals surface area (Å²) in [6.45, 7) is 6.48. The second-order valence-corrected chi connectivity index (χ2v) is 7.76. The monoisotopic (exact) mass is 392 g/mol. The second kappa shape index (κ2) is 6.88. The number of anilines is 1. The predicted molar refractivity (Wildman–Crippen MR) is 116 cm³/mol. The van der Waals surface area contributed by atoms with Crippen molar-refractivity contribution in [1.82, 2.24) is 14.5 Å². The number of aryl methyl sites for hydroxylation is 1. The zero-order valence-corrected chi connectivity index (χ0v) is 17.1. The fourth-order valence-corrected chi connectivity index (χ4v) is 4.41. The number of methoxy groups -OCH3 is 1. The number of likely N-dealkylation sites (N-methyl/N-ethyl adjacent to an activating group) is 1. The number of benzene rings is 2. The largest absolute Gasteiger partial charge is 0.494 e. The first kappa shape index (κ1) is 18.2. The van der Waals surface area contributed by atoms with Crippen molar-refractivity contribution in [3.05, 3.63) is 42.3 Å². The van der Waals surface area contributed by atoms with Gasteiger partial charge in [-0.3, -0.25) is 0 Å². The van der Waals surface area contributed by atoms with E-state index in [0.717, 1.165) is 71.5 Å². The fourth-order valence-electron chi connectivity index (χ4n) is 4.41. The van der Waals surface area contributed by atoms with E-state index in [1.807, 2.05) is 24.3 Å². The van der Waals surface area contributed by atoms with Crippen molar-refractivity contribution in [1.29, 1.82) is 0 Å². The summed E-state index contributed by atoms with van der Waals surface area (Å²) in [5.41, 5.74) is 4.37. The Morgan fingerprint density at radius 2 is 1.90 bits per heavy atom. The van der Waals surface area contributed by atoms with Crippen molar-refractivity contribution in [2.24, 2.45) is 0 Å². The molecule has 3 heterocycles. The number of ether oxygens (including phenoxy) is 1. The van der Waals surface area contributed by atoms with Crippen molar-refractivity contribution in [3.63, 3.8) is 0 Å². The van der Waals surface area contributed by atoms with Gasteiger partial charge in [0.15, 0.2) is 0 Å². The van der Waals surface area contributed by atoms with Crippen molar-refractivity contribution in [3.8, 4) is 17.0 Å². The van der Waals surface area contributed by atoms with Gasteiger partial charge in [-0.05, 0) is 32.2 Å². The normalized spacial score (nSPS) is 15.7. The molecule has 1 fully saturated rings. The van der Waals surface area contributed by atoms with E-state index >= 15 is 4.39 Å². The summed E-state index contributed by atoms with van der Waals surface area (Å²) in [7, 11) is 3.76. The molecule has 0 spiro atoms. The van der Waals surface area contributed by atoms with Crippen LogP contribution < -0.4 is 9.64 Å². The minimum absolute atomic E-state index is 0.184. The molecule has 0 amide bonds. The lowest BCUT2D eigenvalue weighted by atomic mass is 10.0. The minimum atomic E-state index is -0.184. The first-order valence-corrected chi connectivity index (χ1v) is 10.1. The van der Waals surface area contributed by atoms with E-state index in [1.165, 1.54) is 0 Å². The Bertz CT molecular complexity index is 1180. The molecule has 0 saturated carbocycles. The number of hydrogen-bond donors (Lipinski definition) is 0. The van der Waals surface area contributed by atoms with Crippen LogP contribution >= 0.6 is 0 Å². The van der Waals surface area contributed by atoms with Crippen LogP contribution in [0.2, 0.25) is 0 Å². The molecule has 0 aliphatic carbocycles. The van der Waals surface area contributed by atoms with Crippen LogP contribution in [0.15, 0.2) is 36.5 Å². The van der Waals surface area contributed by atoms with Crippen LogP contribution in [0.3, 0.4) is 0 Å². The van der Waals surface area contributed by atoms with E-state index in [1.54, 1.807) is 13.2 Å². The third kappa shape index (κ3) is 2.82. The lowest BCUT2D eigenvalue weighted by Crippen LogP contribution is -2.44. The van der Waals surface area contributed by atoms with Crippen molar-refractivity contribution >= 4 is 27.5 Å². The van der Waals surface area contributed by atoms with Gasteiger partial charge in [-0.1, -0.05) is 12.1 Å². The number of piperazine rings is 1. The number of fused-ring (bicyclic) bond motifs is 5. The molecule has 3 aliphatic heterocycles.